The number of ether oxygens (including phenoxy) is 1. The molecule has 40 heavy (non-hydrogen) atoms. The SMILES string of the molecule is CCc1cnc(CCNC(=O)c2ccc(-c3noc(C4=CC=C(c5ccccc5C)C(COC)C4)n3)cc2F)o1. The van der Waals surface area contributed by atoms with E-state index in [1.54, 1.807) is 19.4 Å². The zero-order valence-electron chi connectivity index (χ0n) is 22.7. The van der Waals surface area contributed by atoms with E-state index in [4.69, 9.17) is 13.7 Å². The minimum Gasteiger partial charge on any atom is -0.446 e. The van der Waals surface area contributed by atoms with Gasteiger partial charge in [-0.25, -0.2) is 9.37 Å². The highest BCUT2D eigenvalue weighted by Gasteiger charge is 2.25. The lowest BCUT2D eigenvalue weighted by atomic mass is 9.82. The molecular formula is C31H31FN4O4. The van der Waals surface area contributed by atoms with Gasteiger partial charge in [-0.05, 0) is 42.2 Å². The van der Waals surface area contributed by atoms with Crippen LogP contribution in [-0.4, -0.2) is 41.3 Å². The second-order valence-corrected chi connectivity index (χ2v) is 9.68. The highest BCUT2D eigenvalue weighted by molar-refractivity contribution is 5.94. The number of aryl methyl sites for hydroxylation is 2. The van der Waals surface area contributed by atoms with E-state index in [0.29, 0.717) is 36.8 Å². The highest BCUT2D eigenvalue weighted by Crippen LogP contribution is 2.37. The molecule has 5 rings (SSSR count). The monoisotopic (exact) mass is 542 g/mol. The van der Waals surface area contributed by atoms with Gasteiger partial charge in [-0.2, -0.15) is 4.98 Å². The molecule has 1 unspecified atom stereocenters. The molecule has 0 aliphatic heterocycles. The van der Waals surface area contributed by atoms with Crippen LogP contribution in [0.3, 0.4) is 0 Å². The fourth-order valence-electron chi connectivity index (χ4n) is 4.80. The number of hydrogen-bond donors (Lipinski definition) is 1. The van der Waals surface area contributed by atoms with Crippen LogP contribution in [0, 0.1) is 18.7 Å². The first-order valence-electron chi connectivity index (χ1n) is 13.3. The van der Waals surface area contributed by atoms with E-state index in [9.17, 15) is 9.18 Å². The second-order valence-electron chi connectivity index (χ2n) is 9.68. The highest BCUT2D eigenvalue weighted by atomic mass is 19.1. The number of carbonyl (C=O) groups is 1. The van der Waals surface area contributed by atoms with Crippen LogP contribution >= 0.6 is 0 Å². The standard InChI is InChI=1S/C31H31FN4O4/c1-4-23-17-34-28(39-23)13-14-33-30(37)26-12-9-20(16-27(26)32)29-35-31(40-36-29)21-10-11-25(22(15-21)18-38-3)24-8-6-5-7-19(24)2/h5-12,16-17,22H,4,13-15,18H2,1-3H3,(H,33,37). The Balaban J connectivity index is 1.28. The number of nitrogens with one attached hydrogen (secondary N) is 1. The van der Waals surface area contributed by atoms with Crippen LogP contribution in [0.2, 0.25) is 0 Å². The molecule has 8 nitrogen and oxygen atoms in total. The van der Waals surface area contributed by atoms with Gasteiger partial charge >= 0.3 is 0 Å². The number of oxazole rings is 1. The fraction of sp³-hybridized carbons (Fsp3) is 0.290. The largest absolute Gasteiger partial charge is 0.446 e. The van der Waals surface area contributed by atoms with Gasteiger partial charge in [0.1, 0.15) is 11.6 Å². The Labute approximate surface area is 232 Å². The molecule has 9 heteroatoms. The van der Waals surface area contributed by atoms with Crippen LogP contribution in [0.4, 0.5) is 4.39 Å². The molecule has 1 aliphatic rings. The minimum absolute atomic E-state index is 0.0691. The molecule has 2 aromatic heterocycles. The van der Waals surface area contributed by atoms with E-state index in [0.717, 1.165) is 17.8 Å². The lowest BCUT2D eigenvalue weighted by Gasteiger charge is -2.24. The maximum Gasteiger partial charge on any atom is 0.254 e. The van der Waals surface area contributed by atoms with E-state index >= 15 is 0 Å². The van der Waals surface area contributed by atoms with E-state index in [1.807, 2.05) is 25.1 Å². The van der Waals surface area contributed by atoms with Crippen molar-refractivity contribution in [2.75, 3.05) is 20.3 Å². The minimum atomic E-state index is -0.673. The maximum atomic E-state index is 14.9. The van der Waals surface area contributed by atoms with Crippen LogP contribution in [0.25, 0.3) is 22.5 Å². The number of benzene rings is 2. The molecule has 0 radical (unpaired) electrons. The van der Waals surface area contributed by atoms with Crippen molar-refractivity contribution in [3.63, 3.8) is 0 Å². The molecule has 0 saturated carbocycles. The third kappa shape index (κ3) is 5.94. The molecule has 0 saturated heterocycles. The number of hydrogen-bond acceptors (Lipinski definition) is 7. The van der Waals surface area contributed by atoms with Crippen LogP contribution < -0.4 is 5.32 Å². The van der Waals surface area contributed by atoms with Gasteiger partial charge in [0, 0.05) is 43.6 Å². The number of allylic oxidation sites excluding steroid dienone is 3. The topological polar surface area (TPSA) is 103 Å². The number of rotatable bonds is 10. The van der Waals surface area contributed by atoms with Crippen LogP contribution in [0.5, 0.6) is 0 Å². The average molecular weight is 543 g/mol. The first-order chi connectivity index (χ1) is 19.5. The van der Waals surface area contributed by atoms with Gasteiger partial charge < -0.3 is 19.0 Å². The Morgan fingerprint density at radius 1 is 1.20 bits per heavy atom. The first kappa shape index (κ1) is 27.2. The molecule has 0 spiro atoms. The third-order valence-corrected chi connectivity index (χ3v) is 6.94. The van der Waals surface area contributed by atoms with Crippen molar-refractivity contribution < 1.29 is 22.9 Å². The number of aromatic nitrogens is 3. The Morgan fingerprint density at radius 3 is 2.80 bits per heavy atom. The summed E-state index contributed by atoms with van der Waals surface area (Å²) in [4.78, 5) is 21.2. The smallest absolute Gasteiger partial charge is 0.254 e. The van der Waals surface area contributed by atoms with Crippen LogP contribution in [-0.2, 0) is 17.6 Å². The Morgan fingerprint density at radius 2 is 2.05 bits per heavy atom. The molecule has 2 aromatic carbocycles. The summed E-state index contributed by atoms with van der Waals surface area (Å²) >= 11 is 0. The van der Waals surface area contributed by atoms with Gasteiger partial charge in [0.15, 0.2) is 5.89 Å². The van der Waals surface area contributed by atoms with Gasteiger partial charge in [-0.15, -0.1) is 0 Å². The third-order valence-electron chi connectivity index (χ3n) is 6.94. The molecular weight excluding hydrogens is 511 g/mol. The van der Waals surface area contributed by atoms with Gasteiger partial charge in [0.2, 0.25) is 5.82 Å². The molecule has 1 amide bonds. The molecule has 4 aromatic rings. The van der Waals surface area contributed by atoms with Gasteiger partial charge in [0.25, 0.3) is 11.8 Å². The summed E-state index contributed by atoms with van der Waals surface area (Å²) in [6.07, 6.45) is 7.56. The van der Waals surface area contributed by atoms with Crippen molar-refractivity contribution in [3.05, 3.63) is 101 Å². The van der Waals surface area contributed by atoms with Crippen molar-refractivity contribution in [1.82, 2.24) is 20.4 Å². The predicted octanol–water partition coefficient (Wildman–Crippen LogP) is 5.84. The van der Waals surface area contributed by atoms with E-state index in [-0.39, 0.29) is 23.9 Å². The van der Waals surface area contributed by atoms with Gasteiger partial charge in [-0.1, -0.05) is 54.6 Å². The van der Waals surface area contributed by atoms with E-state index < -0.39 is 11.7 Å². The van der Waals surface area contributed by atoms with Crippen molar-refractivity contribution in [2.24, 2.45) is 5.92 Å². The first-order valence-corrected chi connectivity index (χ1v) is 13.3. The zero-order valence-corrected chi connectivity index (χ0v) is 22.7. The molecule has 1 aliphatic carbocycles. The summed E-state index contributed by atoms with van der Waals surface area (Å²) in [6.45, 7) is 4.89. The Bertz CT molecular complexity index is 1570. The fourth-order valence-corrected chi connectivity index (χ4v) is 4.80. The van der Waals surface area contributed by atoms with Gasteiger partial charge in [-0.3, -0.25) is 4.79 Å². The van der Waals surface area contributed by atoms with Crippen molar-refractivity contribution in [2.45, 2.75) is 33.1 Å². The van der Waals surface area contributed by atoms with Crippen molar-refractivity contribution in [3.8, 4) is 11.4 Å². The number of halogens is 1. The van der Waals surface area contributed by atoms with Crippen molar-refractivity contribution >= 4 is 17.1 Å². The molecule has 0 bridgehead atoms. The van der Waals surface area contributed by atoms with Crippen LogP contribution in [0.1, 0.15) is 52.4 Å². The average Bonchev–Trinajstić information content (AvgIpc) is 3.64. The zero-order chi connectivity index (χ0) is 28.1. The normalized spacial score (nSPS) is 15.1. The number of carbonyl (C=O) groups excluding carboxylic acids is 1. The maximum absolute atomic E-state index is 14.9. The Hall–Kier alpha value is -4.37. The molecule has 1 N–H and O–H groups in total. The summed E-state index contributed by atoms with van der Waals surface area (Å²) < 4.78 is 31.5. The predicted molar refractivity (Wildman–Crippen MR) is 149 cm³/mol. The number of amides is 1. The van der Waals surface area contributed by atoms with Crippen LogP contribution in [0.15, 0.2) is 69.8 Å². The summed E-state index contributed by atoms with van der Waals surface area (Å²) in [7, 11) is 1.69. The number of nitrogens with zero attached hydrogens (tertiary/aromatic N) is 3. The van der Waals surface area contributed by atoms with Gasteiger partial charge in [0.05, 0.1) is 18.4 Å². The Kier molecular flexibility index (Phi) is 8.31. The van der Waals surface area contributed by atoms with E-state index in [1.165, 1.54) is 28.8 Å². The molecule has 206 valence electrons. The quantitative estimate of drug-likeness (QED) is 0.269. The molecule has 1 atom stereocenters. The van der Waals surface area contributed by atoms with Crippen molar-refractivity contribution in [1.29, 1.82) is 0 Å². The summed E-state index contributed by atoms with van der Waals surface area (Å²) in [6, 6.07) is 12.5. The lowest BCUT2D eigenvalue weighted by Crippen LogP contribution is -2.26. The molecule has 0 fully saturated rings. The van der Waals surface area contributed by atoms with E-state index in [2.05, 4.69) is 45.6 Å². The summed E-state index contributed by atoms with van der Waals surface area (Å²) in [5, 5.41) is 6.77. The summed E-state index contributed by atoms with van der Waals surface area (Å²) in [5.74, 6) is 0.857. The summed E-state index contributed by atoms with van der Waals surface area (Å²) in [5.41, 5.74) is 4.81. The lowest BCUT2D eigenvalue weighted by molar-refractivity contribution is 0.0949. The second kappa shape index (κ2) is 12.2. The number of methoxy groups -OCH3 is 1. The molecule has 2 heterocycles.